The molecular formula is C17H28N2O3S. The summed E-state index contributed by atoms with van der Waals surface area (Å²) in [4.78, 5) is 14.4. The largest absolute Gasteiger partial charge is 0.336 e. The third-order valence-electron chi connectivity index (χ3n) is 6.29. The zero-order chi connectivity index (χ0) is 16.0. The molecule has 2 aliphatic carbocycles. The lowest BCUT2D eigenvalue weighted by Crippen LogP contribution is -2.57. The molecule has 0 aromatic heterocycles. The van der Waals surface area contributed by atoms with Gasteiger partial charge in [-0.2, -0.15) is 0 Å². The van der Waals surface area contributed by atoms with Gasteiger partial charge in [-0.1, -0.05) is 12.8 Å². The number of rotatable bonds is 4. The van der Waals surface area contributed by atoms with E-state index in [0.29, 0.717) is 55.1 Å². The molecule has 0 aromatic rings. The molecule has 23 heavy (non-hydrogen) atoms. The molecule has 0 bridgehead atoms. The van der Waals surface area contributed by atoms with Crippen molar-refractivity contribution >= 4 is 15.9 Å². The number of fused-ring (bicyclic) bond motifs is 1. The Hall–Kier alpha value is -0.620. The number of likely N-dealkylation sites (tertiary alicyclic amines) is 1. The van der Waals surface area contributed by atoms with E-state index < -0.39 is 10.0 Å². The number of hydrogen-bond donors (Lipinski definition) is 0. The molecule has 0 spiro atoms. The van der Waals surface area contributed by atoms with Crippen LogP contribution >= 0.6 is 0 Å². The van der Waals surface area contributed by atoms with Crippen LogP contribution in [0, 0.1) is 11.8 Å². The summed E-state index contributed by atoms with van der Waals surface area (Å²) in [5.41, 5.74) is 0. The fraction of sp³-hybridized carbons (Fsp3) is 0.941. The van der Waals surface area contributed by atoms with Gasteiger partial charge >= 0.3 is 0 Å². The molecule has 4 fully saturated rings. The number of hydrogen-bond acceptors (Lipinski definition) is 3. The highest BCUT2D eigenvalue weighted by molar-refractivity contribution is 7.89. The Bertz CT molecular complexity index is 566. The number of carbonyl (C=O) groups is 1. The van der Waals surface area contributed by atoms with Crippen molar-refractivity contribution in [2.45, 2.75) is 69.9 Å². The second-order valence-electron chi connectivity index (χ2n) is 7.97. The van der Waals surface area contributed by atoms with E-state index in [1.54, 1.807) is 4.31 Å². The van der Waals surface area contributed by atoms with Gasteiger partial charge in [-0.15, -0.1) is 0 Å². The summed E-state index contributed by atoms with van der Waals surface area (Å²) in [5, 5.41) is 0. The van der Waals surface area contributed by atoms with E-state index in [1.165, 1.54) is 12.8 Å². The molecule has 0 N–H and O–H groups in total. The van der Waals surface area contributed by atoms with Gasteiger partial charge in [-0.25, -0.2) is 12.7 Å². The van der Waals surface area contributed by atoms with Crippen LogP contribution in [0.5, 0.6) is 0 Å². The van der Waals surface area contributed by atoms with Crippen molar-refractivity contribution in [3.05, 3.63) is 0 Å². The molecule has 2 saturated heterocycles. The summed E-state index contributed by atoms with van der Waals surface area (Å²) < 4.78 is 27.3. The Labute approximate surface area is 139 Å². The first-order valence-electron chi connectivity index (χ1n) is 9.33. The van der Waals surface area contributed by atoms with E-state index in [-0.39, 0.29) is 0 Å². The third kappa shape index (κ3) is 3.16. The van der Waals surface area contributed by atoms with E-state index in [2.05, 4.69) is 4.90 Å². The van der Waals surface area contributed by atoms with Gasteiger partial charge < -0.3 is 4.90 Å². The van der Waals surface area contributed by atoms with E-state index in [4.69, 9.17) is 0 Å². The molecule has 2 atom stereocenters. The molecule has 2 heterocycles. The quantitative estimate of drug-likeness (QED) is 0.786. The minimum Gasteiger partial charge on any atom is -0.336 e. The molecule has 0 radical (unpaired) electrons. The first-order valence-corrected chi connectivity index (χ1v) is 10.9. The lowest BCUT2D eigenvalue weighted by atomic mass is 9.84. The van der Waals surface area contributed by atoms with Gasteiger partial charge in [0.15, 0.2) is 0 Å². The zero-order valence-electron chi connectivity index (χ0n) is 13.8. The normalized spacial score (nSPS) is 33.9. The third-order valence-corrected chi connectivity index (χ3v) is 8.30. The van der Waals surface area contributed by atoms with Crippen LogP contribution < -0.4 is 0 Å². The molecule has 2 saturated carbocycles. The van der Waals surface area contributed by atoms with Crippen LogP contribution in [0.15, 0.2) is 0 Å². The Balaban J connectivity index is 1.43. The molecule has 2 unspecified atom stereocenters. The monoisotopic (exact) mass is 340 g/mol. The molecular weight excluding hydrogens is 312 g/mol. The van der Waals surface area contributed by atoms with Crippen molar-refractivity contribution in [1.82, 2.24) is 9.21 Å². The van der Waals surface area contributed by atoms with Crippen LogP contribution in [0.2, 0.25) is 0 Å². The fourth-order valence-corrected chi connectivity index (χ4v) is 6.86. The average molecular weight is 340 g/mol. The zero-order valence-corrected chi connectivity index (χ0v) is 14.6. The van der Waals surface area contributed by atoms with Crippen molar-refractivity contribution < 1.29 is 13.2 Å². The highest BCUT2D eigenvalue weighted by Gasteiger charge is 2.46. The first kappa shape index (κ1) is 15.9. The van der Waals surface area contributed by atoms with Crippen molar-refractivity contribution in [2.75, 3.05) is 18.8 Å². The molecule has 6 heteroatoms. The minimum atomic E-state index is -3.12. The number of piperidine rings is 2. The maximum absolute atomic E-state index is 12.8. The number of carbonyl (C=O) groups excluding carboxylic acids is 1. The molecule has 4 rings (SSSR count). The number of amides is 1. The molecule has 5 nitrogen and oxygen atoms in total. The smallest absolute Gasteiger partial charge is 0.223 e. The van der Waals surface area contributed by atoms with Gasteiger partial charge in [0, 0.05) is 31.6 Å². The van der Waals surface area contributed by atoms with Crippen LogP contribution in [0.4, 0.5) is 0 Å². The van der Waals surface area contributed by atoms with Crippen molar-refractivity contribution in [3.8, 4) is 0 Å². The highest BCUT2D eigenvalue weighted by Crippen LogP contribution is 2.39. The van der Waals surface area contributed by atoms with Crippen LogP contribution in [0.3, 0.4) is 0 Å². The lowest BCUT2D eigenvalue weighted by molar-refractivity contribution is -0.141. The molecule has 130 valence electrons. The van der Waals surface area contributed by atoms with E-state index >= 15 is 0 Å². The fourth-order valence-electron chi connectivity index (χ4n) is 4.92. The van der Waals surface area contributed by atoms with Crippen molar-refractivity contribution in [3.63, 3.8) is 0 Å². The number of sulfonamides is 1. The SMILES string of the molecule is O=C1CCC2CN(S(=O)(=O)CC3CCCC3)CCC2N1C1CC1. The maximum Gasteiger partial charge on any atom is 0.223 e. The number of nitrogens with zero attached hydrogens (tertiary/aromatic N) is 2. The Kier molecular flexibility index (Phi) is 4.16. The Morgan fingerprint density at radius 3 is 2.43 bits per heavy atom. The first-order chi connectivity index (χ1) is 11.0. The maximum atomic E-state index is 12.8. The highest BCUT2D eigenvalue weighted by atomic mass is 32.2. The van der Waals surface area contributed by atoms with Crippen molar-refractivity contribution in [2.24, 2.45) is 11.8 Å². The van der Waals surface area contributed by atoms with E-state index in [9.17, 15) is 13.2 Å². The molecule has 2 aliphatic heterocycles. The van der Waals surface area contributed by atoms with Crippen molar-refractivity contribution in [1.29, 1.82) is 0 Å². The second kappa shape index (κ2) is 6.03. The van der Waals surface area contributed by atoms with Crippen LogP contribution in [-0.2, 0) is 14.8 Å². The van der Waals surface area contributed by atoms with Gasteiger partial charge in [-0.3, -0.25) is 4.79 Å². The molecule has 1 amide bonds. The van der Waals surface area contributed by atoms with Gasteiger partial charge in [-0.05, 0) is 50.4 Å². The van der Waals surface area contributed by atoms with Crippen LogP contribution in [0.25, 0.3) is 0 Å². The average Bonchev–Trinajstić information content (AvgIpc) is 3.23. The van der Waals surface area contributed by atoms with Gasteiger partial charge in [0.25, 0.3) is 0 Å². The van der Waals surface area contributed by atoms with E-state index in [0.717, 1.165) is 38.5 Å². The topological polar surface area (TPSA) is 57.7 Å². The summed E-state index contributed by atoms with van der Waals surface area (Å²) in [5.74, 6) is 1.36. The lowest BCUT2D eigenvalue weighted by Gasteiger charge is -2.47. The summed E-state index contributed by atoms with van der Waals surface area (Å²) in [6.45, 7) is 1.24. The molecule has 0 aromatic carbocycles. The predicted octanol–water partition coefficient (Wildman–Crippen LogP) is 1.98. The van der Waals surface area contributed by atoms with Gasteiger partial charge in [0.2, 0.25) is 15.9 Å². The predicted molar refractivity (Wildman–Crippen MR) is 88.3 cm³/mol. The van der Waals surface area contributed by atoms with Gasteiger partial charge in [0.05, 0.1) is 5.75 Å². The minimum absolute atomic E-state index is 0.293. The summed E-state index contributed by atoms with van der Waals surface area (Å²) in [6.07, 6.45) is 9.09. The second-order valence-corrected chi connectivity index (χ2v) is 9.99. The summed E-state index contributed by atoms with van der Waals surface area (Å²) in [7, 11) is -3.12. The van der Waals surface area contributed by atoms with Crippen LogP contribution in [-0.4, -0.2) is 54.5 Å². The van der Waals surface area contributed by atoms with E-state index in [1.807, 2.05) is 0 Å². The van der Waals surface area contributed by atoms with Gasteiger partial charge in [0.1, 0.15) is 0 Å². The van der Waals surface area contributed by atoms with Crippen LogP contribution in [0.1, 0.15) is 57.8 Å². The Morgan fingerprint density at radius 2 is 1.74 bits per heavy atom. The standard InChI is InChI=1S/C17H28N2O3S/c20-17-8-5-14-11-18(10-9-16(14)19(17)15-6-7-15)23(21,22)12-13-3-1-2-4-13/h13-16H,1-12H2. The summed E-state index contributed by atoms with van der Waals surface area (Å²) in [6, 6.07) is 0.749. The Morgan fingerprint density at radius 1 is 1.00 bits per heavy atom. The molecule has 4 aliphatic rings. The summed E-state index contributed by atoms with van der Waals surface area (Å²) >= 11 is 0.